The van der Waals surface area contributed by atoms with E-state index in [1.54, 1.807) is 25.9 Å². The topological polar surface area (TPSA) is 49.4 Å². The van der Waals surface area contributed by atoms with E-state index in [-0.39, 0.29) is 16.7 Å². The minimum Gasteiger partial charge on any atom is -0.251 e. The summed E-state index contributed by atoms with van der Waals surface area (Å²) in [5.41, 5.74) is 3.08. The van der Waals surface area contributed by atoms with Crippen molar-refractivity contribution in [3.8, 4) is 0 Å². The van der Waals surface area contributed by atoms with Crippen LogP contribution in [0.5, 0.6) is 0 Å². The second-order valence-corrected chi connectivity index (χ2v) is 6.63. The fourth-order valence-electron chi connectivity index (χ4n) is 1.61. The average molecular weight is 206 g/mol. The van der Waals surface area contributed by atoms with E-state index in [2.05, 4.69) is 5.43 Å². The summed E-state index contributed by atoms with van der Waals surface area (Å²) in [7, 11) is -1.21. The van der Waals surface area contributed by atoms with Crippen molar-refractivity contribution in [3.05, 3.63) is 0 Å². The number of rotatable bonds is 2. The normalized spacial score (nSPS) is 31.5. The van der Waals surface area contributed by atoms with Gasteiger partial charge in [0.2, 0.25) is 0 Å². The highest BCUT2D eigenvalue weighted by molar-refractivity contribution is 7.92. The van der Waals surface area contributed by atoms with Crippen LogP contribution >= 0.6 is 0 Å². The Kier molecular flexibility index (Phi) is 2.99. The minimum atomic E-state index is -3.00. The average Bonchev–Trinajstić information content (AvgIpc) is 2.30. The molecule has 0 bridgehead atoms. The van der Waals surface area contributed by atoms with Crippen molar-refractivity contribution in [2.45, 2.75) is 43.9 Å². The summed E-state index contributed by atoms with van der Waals surface area (Å²) < 4.78 is 23.6. The first kappa shape index (κ1) is 10.9. The summed E-state index contributed by atoms with van der Waals surface area (Å²) in [6.45, 7) is 5.45. The highest BCUT2D eigenvalue weighted by atomic mass is 32.2. The lowest BCUT2D eigenvalue weighted by Gasteiger charge is -2.21. The Morgan fingerprint density at radius 3 is 2.31 bits per heavy atom. The molecule has 4 nitrogen and oxygen atoms in total. The van der Waals surface area contributed by atoms with Crippen LogP contribution in [0.4, 0.5) is 0 Å². The Morgan fingerprint density at radius 2 is 2.00 bits per heavy atom. The Balaban J connectivity index is 2.84. The zero-order valence-electron chi connectivity index (χ0n) is 8.61. The smallest absolute Gasteiger partial charge is 0.169 e. The molecule has 1 saturated heterocycles. The number of nitrogens with zero attached hydrogens (tertiary/aromatic N) is 1. The molecule has 0 spiro atoms. The minimum absolute atomic E-state index is 0.253. The molecule has 2 unspecified atom stereocenters. The Hall–Kier alpha value is -0.130. The third-order valence-corrected chi connectivity index (χ3v) is 5.03. The molecule has 1 N–H and O–H groups in total. The third-order valence-electron chi connectivity index (χ3n) is 2.45. The van der Waals surface area contributed by atoms with Gasteiger partial charge in [0.1, 0.15) is 5.37 Å². The maximum Gasteiger partial charge on any atom is 0.169 e. The lowest BCUT2D eigenvalue weighted by atomic mass is 10.3. The van der Waals surface area contributed by atoms with Gasteiger partial charge in [0.15, 0.2) is 9.84 Å². The van der Waals surface area contributed by atoms with E-state index in [0.717, 1.165) is 0 Å². The summed E-state index contributed by atoms with van der Waals surface area (Å²) in [4.78, 5) is 0. The Morgan fingerprint density at radius 1 is 1.46 bits per heavy atom. The van der Waals surface area contributed by atoms with Crippen LogP contribution in [0.1, 0.15) is 27.2 Å². The van der Waals surface area contributed by atoms with Gasteiger partial charge in [-0.2, -0.15) is 0 Å². The van der Waals surface area contributed by atoms with Crippen LogP contribution in [-0.4, -0.2) is 37.1 Å². The molecule has 13 heavy (non-hydrogen) atoms. The van der Waals surface area contributed by atoms with E-state index in [4.69, 9.17) is 0 Å². The second-order valence-electron chi connectivity index (χ2n) is 3.97. The van der Waals surface area contributed by atoms with Gasteiger partial charge in [-0.3, -0.25) is 5.43 Å². The van der Waals surface area contributed by atoms with Crippen LogP contribution < -0.4 is 5.43 Å². The molecule has 2 atom stereocenters. The Labute approximate surface area is 80.2 Å². The van der Waals surface area contributed by atoms with Crippen LogP contribution in [0.3, 0.4) is 0 Å². The molecular weight excluding hydrogens is 188 g/mol. The lowest BCUT2D eigenvalue weighted by Crippen LogP contribution is -2.41. The van der Waals surface area contributed by atoms with E-state index in [0.29, 0.717) is 6.42 Å². The predicted molar refractivity (Wildman–Crippen MR) is 52.8 cm³/mol. The molecule has 0 saturated carbocycles. The molecular formula is C8H18N2O2S. The number of sulfone groups is 1. The van der Waals surface area contributed by atoms with Gasteiger partial charge >= 0.3 is 0 Å². The molecule has 1 aliphatic heterocycles. The molecule has 5 heteroatoms. The summed E-state index contributed by atoms with van der Waals surface area (Å²) in [5.74, 6) is 0. The highest BCUT2D eigenvalue weighted by Crippen LogP contribution is 2.21. The van der Waals surface area contributed by atoms with Crippen LogP contribution in [0, 0.1) is 0 Å². The number of nitrogens with one attached hydrogen (secondary N) is 1. The zero-order valence-corrected chi connectivity index (χ0v) is 9.43. The van der Waals surface area contributed by atoms with Crippen LogP contribution in [0.15, 0.2) is 0 Å². The van der Waals surface area contributed by atoms with Crippen molar-refractivity contribution in [1.82, 2.24) is 10.4 Å². The van der Waals surface area contributed by atoms with Crippen molar-refractivity contribution in [3.63, 3.8) is 0 Å². The summed E-state index contributed by atoms with van der Waals surface area (Å²) in [6, 6.07) is 0.253. The van der Waals surface area contributed by atoms with Crippen molar-refractivity contribution < 1.29 is 8.42 Å². The molecule has 1 heterocycles. The quantitative estimate of drug-likeness (QED) is 0.709. The van der Waals surface area contributed by atoms with Crippen LogP contribution in [-0.2, 0) is 9.84 Å². The van der Waals surface area contributed by atoms with Gasteiger partial charge in [-0.25, -0.2) is 13.4 Å². The fourth-order valence-corrected chi connectivity index (χ4v) is 3.30. The fraction of sp³-hybridized carbons (Fsp3) is 1.00. The molecule has 1 rings (SSSR count). The maximum absolute atomic E-state index is 11.8. The lowest BCUT2D eigenvalue weighted by molar-refractivity contribution is 0.271. The van der Waals surface area contributed by atoms with E-state index in [1.165, 1.54) is 0 Å². The number of hydrazine groups is 1. The molecule has 1 fully saturated rings. The largest absolute Gasteiger partial charge is 0.251 e. The highest BCUT2D eigenvalue weighted by Gasteiger charge is 2.37. The zero-order chi connectivity index (χ0) is 10.2. The van der Waals surface area contributed by atoms with Gasteiger partial charge in [-0.1, -0.05) is 0 Å². The first-order valence-corrected chi connectivity index (χ1v) is 6.18. The first-order chi connectivity index (χ1) is 5.85. The van der Waals surface area contributed by atoms with Crippen LogP contribution in [0.25, 0.3) is 0 Å². The van der Waals surface area contributed by atoms with E-state index in [9.17, 15) is 8.42 Å². The second kappa shape index (κ2) is 3.55. The standard InChI is InChI=1S/C8H18N2O2S/c1-6(2)13(11,12)8-5-7(3)9-10(8)4/h6-9H,5H2,1-4H3. The molecule has 0 radical (unpaired) electrons. The third kappa shape index (κ3) is 2.03. The summed E-state index contributed by atoms with van der Waals surface area (Å²) >= 11 is 0. The number of hydrogen-bond donors (Lipinski definition) is 1. The van der Waals surface area contributed by atoms with Gasteiger partial charge in [-0.15, -0.1) is 0 Å². The molecule has 1 aliphatic rings. The Bertz CT molecular complexity index is 274. The predicted octanol–water partition coefficient (Wildman–Crippen LogP) is 0.364. The van der Waals surface area contributed by atoms with E-state index < -0.39 is 9.84 Å². The van der Waals surface area contributed by atoms with Crippen LogP contribution in [0.2, 0.25) is 0 Å². The van der Waals surface area contributed by atoms with E-state index in [1.807, 2.05) is 6.92 Å². The molecule has 0 amide bonds. The van der Waals surface area contributed by atoms with Gasteiger partial charge < -0.3 is 0 Å². The first-order valence-electron chi connectivity index (χ1n) is 4.57. The molecule has 0 aromatic carbocycles. The summed E-state index contributed by atoms with van der Waals surface area (Å²) in [5, 5.41) is 1.05. The van der Waals surface area contributed by atoms with Crippen molar-refractivity contribution in [2.24, 2.45) is 0 Å². The van der Waals surface area contributed by atoms with E-state index >= 15 is 0 Å². The molecule has 0 aliphatic carbocycles. The van der Waals surface area contributed by atoms with Gasteiger partial charge in [-0.05, 0) is 27.2 Å². The van der Waals surface area contributed by atoms with Crippen molar-refractivity contribution >= 4 is 9.84 Å². The monoisotopic (exact) mass is 206 g/mol. The van der Waals surface area contributed by atoms with Crippen molar-refractivity contribution in [2.75, 3.05) is 7.05 Å². The SMILES string of the molecule is CC1CC(S(=O)(=O)C(C)C)N(C)N1. The molecule has 78 valence electrons. The number of hydrogen-bond acceptors (Lipinski definition) is 4. The molecule has 0 aromatic heterocycles. The molecule has 0 aromatic rings. The maximum atomic E-state index is 11.8. The van der Waals surface area contributed by atoms with Gasteiger partial charge in [0, 0.05) is 13.1 Å². The van der Waals surface area contributed by atoms with Gasteiger partial charge in [0.05, 0.1) is 5.25 Å². The van der Waals surface area contributed by atoms with Gasteiger partial charge in [0.25, 0.3) is 0 Å². The summed E-state index contributed by atoms with van der Waals surface area (Å²) in [6.07, 6.45) is 0.678. The van der Waals surface area contributed by atoms with Crippen molar-refractivity contribution in [1.29, 1.82) is 0 Å².